The second kappa shape index (κ2) is 5.16. The van der Waals surface area contributed by atoms with Crippen molar-refractivity contribution in [1.82, 2.24) is 0 Å². The molecular formula is C5H14Cl2N2O. The van der Waals surface area contributed by atoms with Crippen LogP contribution < -0.4 is 11.5 Å². The zero-order valence-electron chi connectivity index (χ0n) is 5.71. The van der Waals surface area contributed by atoms with Crippen LogP contribution in [0.1, 0.15) is 0 Å². The van der Waals surface area contributed by atoms with Crippen molar-refractivity contribution >= 4 is 24.8 Å². The lowest BCUT2D eigenvalue weighted by molar-refractivity contribution is -0.100. The number of ether oxygens (including phenoxy) is 1. The van der Waals surface area contributed by atoms with Crippen molar-refractivity contribution in [3.8, 4) is 0 Å². The molecule has 0 aromatic carbocycles. The normalized spacial score (nSPS) is 19.8. The molecule has 0 unspecified atom stereocenters. The number of hydrogen-bond acceptors (Lipinski definition) is 3. The van der Waals surface area contributed by atoms with Gasteiger partial charge < -0.3 is 16.2 Å². The maximum Gasteiger partial charge on any atom is 0.0569 e. The Bertz CT molecular complexity index is 74.2. The fraction of sp³-hybridized carbons (Fsp3) is 1.00. The van der Waals surface area contributed by atoms with Gasteiger partial charge in [0.05, 0.1) is 13.2 Å². The van der Waals surface area contributed by atoms with E-state index in [4.69, 9.17) is 16.2 Å². The van der Waals surface area contributed by atoms with Gasteiger partial charge in [0.15, 0.2) is 0 Å². The third-order valence-electron chi connectivity index (χ3n) is 1.68. The second-order valence-electron chi connectivity index (χ2n) is 2.40. The molecule has 1 fully saturated rings. The van der Waals surface area contributed by atoms with Crippen LogP contribution in [0, 0.1) is 5.41 Å². The summed E-state index contributed by atoms with van der Waals surface area (Å²) < 4.78 is 4.96. The van der Waals surface area contributed by atoms with E-state index in [-0.39, 0.29) is 30.2 Å². The van der Waals surface area contributed by atoms with Gasteiger partial charge in [-0.05, 0) is 0 Å². The van der Waals surface area contributed by atoms with E-state index in [2.05, 4.69) is 0 Å². The van der Waals surface area contributed by atoms with Crippen molar-refractivity contribution in [2.75, 3.05) is 26.3 Å². The van der Waals surface area contributed by atoms with Gasteiger partial charge in [0.2, 0.25) is 0 Å². The third kappa shape index (κ3) is 2.25. The van der Waals surface area contributed by atoms with Crippen LogP contribution >= 0.6 is 24.8 Å². The number of hydrogen-bond donors (Lipinski definition) is 2. The van der Waals surface area contributed by atoms with Crippen molar-refractivity contribution in [2.45, 2.75) is 0 Å². The van der Waals surface area contributed by atoms with Gasteiger partial charge in [-0.15, -0.1) is 24.8 Å². The largest absolute Gasteiger partial charge is 0.380 e. The molecule has 1 aliphatic heterocycles. The highest BCUT2D eigenvalue weighted by Crippen LogP contribution is 2.23. The first-order valence-electron chi connectivity index (χ1n) is 2.81. The van der Waals surface area contributed by atoms with Crippen LogP contribution in [0.2, 0.25) is 0 Å². The predicted molar refractivity (Wildman–Crippen MR) is 45.9 cm³/mol. The number of nitrogens with two attached hydrogens (primary N) is 2. The third-order valence-corrected chi connectivity index (χ3v) is 1.68. The Morgan fingerprint density at radius 1 is 1.10 bits per heavy atom. The van der Waals surface area contributed by atoms with Gasteiger partial charge in [-0.25, -0.2) is 0 Å². The van der Waals surface area contributed by atoms with Gasteiger partial charge >= 0.3 is 0 Å². The molecule has 0 aliphatic carbocycles. The standard InChI is InChI=1S/C5H12N2O.2ClH/c6-1-5(2-7)3-8-4-5;;/h1-4,6-7H2;2*1H. The Morgan fingerprint density at radius 3 is 1.50 bits per heavy atom. The van der Waals surface area contributed by atoms with E-state index in [0.29, 0.717) is 13.1 Å². The minimum Gasteiger partial charge on any atom is -0.380 e. The summed E-state index contributed by atoms with van der Waals surface area (Å²) in [6.07, 6.45) is 0. The van der Waals surface area contributed by atoms with Crippen molar-refractivity contribution in [3.63, 3.8) is 0 Å². The summed E-state index contributed by atoms with van der Waals surface area (Å²) in [6.45, 7) is 2.81. The van der Waals surface area contributed by atoms with E-state index in [1.807, 2.05) is 0 Å². The molecule has 64 valence electrons. The topological polar surface area (TPSA) is 61.3 Å². The van der Waals surface area contributed by atoms with Gasteiger partial charge in [-0.2, -0.15) is 0 Å². The summed E-state index contributed by atoms with van der Waals surface area (Å²) in [7, 11) is 0. The lowest BCUT2D eigenvalue weighted by Gasteiger charge is -2.39. The summed E-state index contributed by atoms with van der Waals surface area (Å²) in [5.74, 6) is 0. The lowest BCUT2D eigenvalue weighted by Crippen LogP contribution is -2.53. The summed E-state index contributed by atoms with van der Waals surface area (Å²) in [6, 6.07) is 0. The average molecular weight is 189 g/mol. The van der Waals surface area contributed by atoms with Crippen LogP contribution in [0.5, 0.6) is 0 Å². The van der Waals surface area contributed by atoms with Crippen LogP contribution in [0.4, 0.5) is 0 Å². The first kappa shape index (κ1) is 13.1. The predicted octanol–water partition coefficient (Wildman–Crippen LogP) is -0.236. The molecule has 0 atom stereocenters. The molecule has 0 amide bonds. The van der Waals surface area contributed by atoms with Crippen LogP contribution in [0.15, 0.2) is 0 Å². The molecule has 1 aliphatic rings. The summed E-state index contributed by atoms with van der Waals surface area (Å²) in [5, 5.41) is 0. The summed E-state index contributed by atoms with van der Waals surface area (Å²) >= 11 is 0. The first-order chi connectivity index (χ1) is 3.83. The van der Waals surface area contributed by atoms with E-state index >= 15 is 0 Å². The highest BCUT2D eigenvalue weighted by Gasteiger charge is 2.35. The fourth-order valence-corrected chi connectivity index (χ4v) is 0.710. The molecule has 0 spiro atoms. The lowest BCUT2D eigenvalue weighted by atomic mass is 9.87. The molecular weight excluding hydrogens is 175 g/mol. The average Bonchev–Trinajstić information content (AvgIpc) is 1.67. The molecule has 0 bridgehead atoms. The summed E-state index contributed by atoms with van der Waals surface area (Å²) in [5.41, 5.74) is 11.0. The van der Waals surface area contributed by atoms with Gasteiger partial charge in [0, 0.05) is 18.5 Å². The Balaban J connectivity index is 0. The highest BCUT2D eigenvalue weighted by molar-refractivity contribution is 5.85. The number of halogens is 2. The van der Waals surface area contributed by atoms with E-state index < -0.39 is 0 Å². The molecule has 0 saturated carbocycles. The van der Waals surface area contributed by atoms with E-state index in [1.54, 1.807) is 0 Å². The number of rotatable bonds is 2. The van der Waals surface area contributed by atoms with Crippen molar-refractivity contribution in [1.29, 1.82) is 0 Å². The van der Waals surface area contributed by atoms with Crippen molar-refractivity contribution < 1.29 is 4.74 Å². The van der Waals surface area contributed by atoms with Crippen molar-refractivity contribution in [2.24, 2.45) is 16.9 Å². The Hall–Kier alpha value is 0.460. The van der Waals surface area contributed by atoms with Crippen LogP contribution in [-0.4, -0.2) is 26.3 Å². The Kier molecular flexibility index (Phi) is 6.74. The minimum absolute atomic E-state index is 0. The SMILES string of the molecule is Cl.Cl.NCC1(CN)COC1. The second-order valence-corrected chi connectivity index (χ2v) is 2.40. The zero-order chi connectivity index (χ0) is 6.04. The van der Waals surface area contributed by atoms with Gasteiger partial charge in [-0.1, -0.05) is 0 Å². The molecule has 4 N–H and O–H groups in total. The Labute approximate surface area is 73.3 Å². The molecule has 1 rings (SSSR count). The smallest absolute Gasteiger partial charge is 0.0569 e. The zero-order valence-corrected chi connectivity index (χ0v) is 7.34. The fourth-order valence-electron chi connectivity index (χ4n) is 0.710. The minimum atomic E-state index is 0. The van der Waals surface area contributed by atoms with Gasteiger partial charge in [0.1, 0.15) is 0 Å². The molecule has 1 heterocycles. The van der Waals surface area contributed by atoms with E-state index in [1.165, 1.54) is 0 Å². The van der Waals surface area contributed by atoms with Gasteiger partial charge in [0.25, 0.3) is 0 Å². The molecule has 0 aromatic heterocycles. The molecule has 0 aromatic rings. The molecule has 5 heteroatoms. The Morgan fingerprint density at radius 2 is 1.50 bits per heavy atom. The quantitative estimate of drug-likeness (QED) is 0.630. The van der Waals surface area contributed by atoms with E-state index in [9.17, 15) is 0 Å². The van der Waals surface area contributed by atoms with Crippen LogP contribution in [0.25, 0.3) is 0 Å². The van der Waals surface area contributed by atoms with Crippen molar-refractivity contribution in [3.05, 3.63) is 0 Å². The highest BCUT2D eigenvalue weighted by atomic mass is 35.5. The molecule has 0 radical (unpaired) electrons. The molecule has 1 saturated heterocycles. The molecule has 10 heavy (non-hydrogen) atoms. The maximum atomic E-state index is 5.42. The maximum absolute atomic E-state index is 5.42. The first-order valence-corrected chi connectivity index (χ1v) is 2.81. The summed E-state index contributed by atoms with van der Waals surface area (Å²) in [4.78, 5) is 0. The monoisotopic (exact) mass is 188 g/mol. The van der Waals surface area contributed by atoms with Crippen LogP contribution in [-0.2, 0) is 4.74 Å². The van der Waals surface area contributed by atoms with E-state index in [0.717, 1.165) is 13.2 Å². The van der Waals surface area contributed by atoms with Crippen LogP contribution in [0.3, 0.4) is 0 Å². The molecule has 3 nitrogen and oxygen atoms in total. The van der Waals surface area contributed by atoms with Gasteiger partial charge in [-0.3, -0.25) is 0 Å².